The molecule has 0 unspecified atom stereocenters. The van der Waals surface area contributed by atoms with Gasteiger partial charge < -0.3 is 15.4 Å². The number of hydrogen-bond acceptors (Lipinski definition) is 4. The average Bonchev–Trinajstić information content (AvgIpc) is 3.01. The molecule has 2 N–H and O–H groups in total. The molecule has 1 aliphatic carbocycles. The number of rotatable bonds is 5. The Morgan fingerprint density at radius 2 is 2.20 bits per heavy atom. The highest BCUT2D eigenvalue weighted by Crippen LogP contribution is 2.30. The van der Waals surface area contributed by atoms with E-state index in [0.717, 1.165) is 32.6 Å². The molecule has 1 aromatic heterocycles. The normalized spacial score (nSPS) is 19.0. The van der Waals surface area contributed by atoms with E-state index in [-0.39, 0.29) is 5.91 Å². The summed E-state index contributed by atoms with van der Waals surface area (Å²) in [6, 6.07) is 2.60. The van der Waals surface area contributed by atoms with Gasteiger partial charge in [0.2, 0.25) is 5.91 Å². The molecule has 2 heterocycles. The number of carbonyl (C=O) groups excluding carboxylic acids is 1. The molecule has 110 valence electrons. The largest absolute Gasteiger partial charge is 0.381 e. The Morgan fingerprint density at radius 1 is 1.35 bits per heavy atom. The van der Waals surface area contributed by atoms with Crippen LogP contribution in [-0.2, 0) is 28.9 Å². The second kappa shape index (κ2) is 6.70. The molecule has 1 aromatic rings. The minimum Gasteiger partial charge on any atom is -0.381 e. The molecule has 3 rings (SSSR count). The minimum atomic E-state index is 0.0981. The molecule has 0 atom stereocenters. The number of hydrogen-bond donors (Lipinski definition) is 2. The van der Waals surface area contributed by atoms with Crippen molar-refractivity contribution < 1.29 is 9.53 Å². The third kappa shape index (κ3) is 3.59. The Balaban J connectivity index is 1.37. The highest BCUT2D eigenvalue weighted by atomic mass is 32.1. The maximum absolute atomic E-state index is 11.8. The third-order valence-electron chi connectivity index (χ3n) is 3.97. The molecule has 0 radical (unpaired) electrons. The Kier molecular flexibility index (Phi) is 4.70. The summed E-state index contributed by atoms with van der Waals surface area (Å²) < 4.78 is 5.28. The zero-order valence-corrected chi connectivity index (χ0v) is 12.6. The van der Waals surface area contributed by atoms with Gasteiger partial charge in [-0.05, 0) is 43.7 Å². The van der Waals surface area contributed by atoms with E-state index in [9.17, 15) is 4.79 Å². The van der Waals surface area contributed by atoms with Crippen molar-refractivity contribution in [1.82, 2.24) is 10.6 Å². The lowest BCUT2D eigenvalue weighted by Gasteiger charge is -2.23. The number of fused-ring (bicyclic) bond motifs is 1. The number of nitrogens with one attached hydrogen (secondary N) is 2. The number of amides is 1. The third-order valence-corrected chi connectivity index (χ3v) is 5.21. The molecule has 1 fully saturated rings. The topological polar surface area (TPSA) is 50.4 Å². The minimum absolute atomic E-state index is 0.0981. The van der Waals surface area contributed by atoms with Gasteiger partial charge in [-0.25, -0.2) is 0 Å². The van der Waals surface area contributed by atoms with E-state index < -0.39 is 0 Å². The monoisotopic (exact) mass is 294 g/mol. The van der Waals surface area contributed by atoms with Crippen molar-refractivity contribution >= 4 is 17.2 Å². The SMILES string of the molecule is O=C(CNCc1cc2c(s1)CCC2)NC1CCOCC1. The molecule has 20 heavy (non-hydrogen) atoms. The van der Waals surface area contributed by atoms with Crippen LogP contribution < -0.4 is 10.6 Å². The molecule has 0 bridgehead atoms. The molecule has 1 aliphatic heterocycles. The fourth-order valence-electron chi connectivity index (χ4n) is 2.90. The number of carbonyl (C=O) groups is 1. The molecule has 1 saturated heterocycles. The predicted molar refractivity (Wildman–Crippen MR) is 80.0 cm³/mol. The van der Waals surface area contributed by atoms with Gasteiger partial charge in [0.05, 0.1) is 6.54 Å². The van der Waals surface area contributed by atoms with Crippen LogP contribution in [0, 0.1) is 0 Å². The summed E-state index contributed by atoms with van der Waals surface area (Å²) in [5, 5.41) is 6.31. The first-order valence-electron chi connectivity index (χ1n) is 7.49. The zero-order valence-electron chi connectivity index (χ0n) is 11.7. The standard InChI is InChI=1S/C15H22N2O2S/c18-15(17-12-4-6-19-7-5-12)10-16-9-13-8-11-2-1-3-14(11)20-13/h8,12,16H,1-7,9-10H2,(H,17,18). The molecule has 4 nitrogen and oxygen atoms in total. The van der Waals surface area contributed by atoms with Crippen LogP contribution in [-0.4, -0.2) is 31.7 Å². The Hall–Kier alpha value is -0.910. The molecule has 0 saturated carbocycles. The first-order chi connectivity index (χ1) is 9.81. The Labute approximate surface area is 123 Å². The summed E-state index contributed by atoms with van der Waals surface area (Å²) in [5.74, 6) is 0.0981. The second-order valence-corrected chi connectivity index (χ2v) is 6.79. The van der Waals surface area contributed by atoms with Gasteiger partial charge in [-0.15, -0.1) is 11.3 Å². The van der Waals surface area contributed by atoms with Gasteiger partial charge in [-0.2, -0.15) is 0 Å². The quantitative estimate of drug-likeness (QED) is 0.867. The second-order valence-electron chi connectivity index (χ2n) is 5.57. The number of thiophene rings is 1. The summed E-state index contributed by atoms with van der Waals surface area (Å²) in [5.41, 5.74) is 1.53. The van der Waals surface area contributed by atoms with Gasteiger partial charge in [-0.1, -0.05) is 0 Å². The molecule has 0 spiro atoms. The average molecular weight is 294 g/mol. The summed E-state index contributed by atoms with van der Waals surface area (Å²) in [7, 11) is 0. The fourth-order valence-corrected chi connectivity index (χ4v) is 4.13. The molecular formula is C15H22N2O2S. The van der Waals surface area contributed by atoms with Crippen LogP contribution in [0.4, 0.5) is 0 Å². The summed E-state index contributed by atoms with van der Waals surface area (Å²) in [6.45, 7) is 2.73. The van der Waals surface area contributed by atoms with Gasteiger partial charge in [-0.3, -0.25) is 4.79 Å². The van der Waals surface area contributed by atoms with E-state index in [1.165, 1.54) is 29.7 Å². The molecular weight excluding hydrogens is 272 g/mol. The van der Waals surface area contributed by atoms with Crippen LogP contribution in [0.3, 0.4) is 0 Å². The van der Waals surface area contributed by atoms with Crippen molar-refractivity contribution in [3.63, 3.8) is 0 Å². The maximum Gasteiger partial charge on any atom is 0.234 e. The van der Waals surface area contributed by atoms with Gasteiger partial charge in [0.15, 0.2) is 0 Å². The van der Waals surface area contributed by atoms with E-state index in [4.69, 9.17) is 4.74 Å². The first kappa shape index (κ1) is 14.0. The Bertz CT molecular complexity index is 445. The van der Waals surface area contributed by atoms with Gasteiger partial charge in [0.25, 0.3) is 0 Å². The van der Waals surface area contributed by atoms with E-state index in [2.05, 4.69) is 16.7 Å². The zero-order chi connectivity index (χ0) is 13.8. The molecule has 5 heteroatoms. The highest BCUT2D eigenvalue weighted by molar-refractivity contribution is 7.12. The molecule has 2 aliphatic rings. The number of ether oxygens (including phenoxy) is 1. The summed E-state index contributed by atoms with van der Waals surface area (Å²) in [4.78, 5) is 14.7. The van der Waals surface area contributed by atoms with Crippen molar-refractivity contribution in [2.24, 2.45) is 0 Å². The van der Waals surface area contributed by atoms with Crippen molar-refractivity contribution in [1.29, 1.82) is 0 Å². The van der Waals surface area contributed by atoms with Crippen molar-refractivity contribution in [3.8, 4) is 0 Å². The van der Waals surface area contributed by atoms with Gasteiger partial charge in [0, 0.05) is 35.6 Å². The van der Waals surface area contributed by atoms with Crippen LogP contribution >= 0.6 is 11.3 Å². The predicted octanol–water partition coefficient (Wildman–Crippen LogP) is 1.62. The lowest BCUT2D eigenvalue weighted by molar-refractivity contribution is -0.121. The van der Waals surface area contributed by atoms with Crippen LogP contribution in [0.1, 0.15) is 34.6 Å². The highest BCUT2D eigenvalue weighted by Gasteiger charge is 2.16. The lowest BCUT2D eigenvalue weighted by Crippen LogP contribution is -2.42. The fraction of sp³-hybridized carbons (Fsp3) is 0.667. The lowest BCUT2D eigenvalue weighted by atomic mass is 10.1. The smallest absolute Gasteiger partial charge is 0.234 e. The summed E-state index contributed by atoms with van der Waals surface area (Å²) >= 11 is 1.90. The van der Waals surface area contributed by atoms with Crippen LogP contribution in [0.2, 0.25) is 0 Å². The van der Waals surface area contributed by atoms with E-state index in [1.807, 2.05) is 11.3 Å². The van der Waals surface area contributed by atoms with Gasteiger partial charge in [0.1, 0.15) is 0 Å². The Morgan fingerprint density at radius 3 is 3.00 bits per heavy atom. The van der Waals surface area contributed by atoms with E-state index in [1.54, 1.807) is 4.88 Å². The van der Waals surface area contributed by atoms with Gasteiger partial charge >= 0.3 is 0 Å². The maximum atomic E-state index is 11.8. The van der Waals surface area contributed by atoms with Crippen molar-refractivity contribution in [2.45, 2.75) is 44.7 Å². The van der Waals surface area contributed by atoms with Crippen LogP contribution in [0.25, 0.3) is 0 Å². The van der Waals surface area contributed by atoms with E-state index >= 15 is 0 Å². The first-order valence-corrected chi connectivity index (χ1v) is 8.31. The molecule has 1 amide bonds. The summed E-state index contributed by atoms with van der Waals surface area (Å²) in [6.07, 6.45) is 5.65. The van der Waals surface area contributed by atoms with E-state index in [0.29, 0.717) is 12.6 Å². The van der Waals surface area contributed by atoms with Crippen LogP contribution in [0.15, 0.2) is 6.07 Å². The van der Waals surface area contributed by atoms with Crippen LogP contribution in [0.5, 0.6) is 0 Å². The van der Waals surface area contributed by atoms with Crippen molar-refractivity contribution in [3.05, 3.63) is 21.4 Å². The van der Waals surface area contributed by atoms with Crippen molar-refractivity contribution in [2.75, 3.05) is 19.8 Å². The molecule has 0 aromatic carbocycles. The number of aryl methyl sites for hydroxylation is 2.